The molecular formula is C22H31N5O. The number of nitrogens with zero attached hydrogens (tertiary/aromatic N) is 4. The Hall–Kier alpha value is -2.21. The molecule has 2 aromatic rings. The van der Waals surface area contributed by atoms with Gasteiger partial charge in [0.25, 0.3) is 5.91 Å². The summed E-state index contributed by atoms with van der Waals surface area (Å²) in [6.07, 6.45) is 11.6. The molecule has 2 fully saturated rings. The van der Waals surface area contributed by atoms with Gasteiger partial charge in [-0.2, -0.15) is 0 Å². The highest BCUT2D eigenvalue weighted by Crippen LogP contribution is 2.27. The molecule has 28 heavy (non-hydrogen) atoms. The highest BCUT2D eigenvalue weighted by Gasteiger charge is 2.24. The third-order valence-corrected chi connectivity index (χ3v) is 6.16. The lowest BCUT2D eigenvalue weighted by Gasteiger charge is -2.35. The van der Waals surface area contributed by atoms with Crippen molar-refractivity contribution in [3.05, 3.63) is 47.8 Å². The predicted molar refractivity (Wildman–Crippen MR) is 109 cm³/mol. The summed E-state index contributed by atoms with van der Waals surface area (Å²) in [6.45, 7) is 2.78. The van der Waals surface area contributed by atoms with Crippen molar-refractivity contribution >= 4 is 5.91 Å². The Morgan fingerprint density at radius 3 is 2.50 bits per heavy atom. The first-order valence-electron chi connectivity index (χ1n) is 10.8. The molecule has 1 amide bonds. The van der Waals surface area contributed by atoms with Gasteiger partial charge in [0.15, 0.2) is 5.69 Å². The van der Waals surface area contributed by atoms with E-state index in [9.17, 15) is 4.79 Å². The van der Waals surface area contributed by atoms with Gasteiger partial charge in [0.2, 0.25) is 0 Å². The van der Waals surface area contributed by atoms with Crippen LogP contribution in [-0.4, -0.2) is 45.4 Å². The van der Waals surface area contributed by atoms with E-state index < -0.39 is 0 Å². The molecule has 0 bridgehead atoms. The molecule has 1 aromatic heterocycles. The fourth-order valence-electron chi connectivity index (χ4n) is 4.55. The minimum atomic E-state index is -0.125. The average molecular weight is 382 g/mol. The van der Waals surface area contributed by atoms with Crippen LogP contribution in [0.3, 0.4) is 0 Å². The van der Waals surface area contributed by atoms with Crippen molar-refractivity contribution in [1.29, 1.82) is 0 Å². The highest BCUT2D eigenvalue weighted by atomic mass is 16.2. The summed E-state index contributed by atoms with van der Waals surface area (Å²) in [5.41, 5.74) is 1.69. The summed E-state index contributed by atoms with van der Waals surface area (Å²) in [5, 5.41) is 11.5. The Kier molecular flexibility index (Phi) is 6.37. The van der Waals surface area contributed by atoms with Crippen molar-refractivity contribution in [3.8, 4) is 0 Å². The highest BCUT2D eigenvalue weighted by molar-refractivity contribution is 5.91. The summed E-state index contributed by atoms with van der Waals surface area (Å²) >= 11 is 0. The zero-order chi connectivity index (χ0) is 19.2. The monoisotopic (exact) mass is 381 g/mol. The minimum Gasteiger partial charge on any atom is -0.349 e. The van der Waals surface area contributed by atoms with E-state index in [0.717, 1.165) is 25.9 Å². The van der Waals surface area contributed by atoms with Crippen LogP contribution in [0.4, 0.5) is 0 Å². The van der Waals surface area contributed by atoms with Crippen LogP contribution >= 0.6 is 0 Å². The fraction of sp³-hybridized carbons (Fsp3) is 0.591. The van der Waals surface area contributed by atoms with E-state index in [-0.39, 0.29) is 11.9 Å². The normalized spacial score (nSPS) is 20.0. The van der Waals surface area contributed by atoms with Gasteiger partial charge in [-0.25, -0.2) is 4.68 Å². The molecule has 1 aromatic carbocycles. The maximum absolute atomic E-state index is 12.7. The molecule has 1 saturated heterocycles. The SMILES string of the molecule is O=C(NC[C@@H](c1ccccc1)N1CCCCC1)c1cn(C2CCCCC2)nn1. The van der Waals surface area contributed by atoms with Crippen LogP contribution in [0.15, 0.2) is 36.5 Å². The van der Waals surface area contributed by atoms with E-state index in [1.807, 2.05) is 16.9 Å². The number of carbonyl (C=O) groups is 1. The summed E-state index contributed by atoms with van der Waals surface area (Å²) in [4.78, 5) is 15.2. The lowest BCUT2D eigenvalue weighted by molar-refractivity contribution is 0.0919. The van der Waals surface area contributed by atoms with Crippen molar-refractivity contribution < 1.29 is 4.79 Å². The van der Waals surface area contributed by atoms with Gasteiger partial charge in [-0.1, -0.05) is 61.2 Å². The van der Waals surface area contributed by atoms with E-state index >= 15 is 0 Å². The number of likely N-dealkylation sites (tertiary alicyclic amines) is 1. The van der Waals surface area contributed by atoms with E-state index in [4.69, 9.17) is 0 Å². The molecule has 2 aliphatic rings. The van der Waals surface area contributed by atoms with Crippen LogP contribution in [0.2, 0.25) is 0 Å². The molecule has 2 heterocycles. The van der Waals surface area contributed by atoms with Crippen LogP contribution in [0.5, 0.6) is 0 Å². The second-order valence-electron chi connectivity index (χ2n) is 8.11. The lowest BCUT2D eigenvalue weighted by atomic mass is 9.96. The van der Waals surface area contributed by atoms with Gasteiger partial charge in [0, 0.05) is 6.54 Å². The van der Waals surface area contributed by atoms with Gasteiger partial charge in [-0.15, -0.1) is 5.10 Å². The zero-order valence-corrected chi connectivity index (χ0v) is 16.6. The summed E-state index contributed by atoms with van der Waals surface area (Å²) in [5.74, 6) is -0.125. The lowest BCUT2D eigenvalue weighted by Crippen LogP contribution is -2.40. The second-order valence-corrected chi connectivity index (χ2v) is 8.11. The van der Waals surface area contributed by atoms with Crippen molar-refractivity contribution in [2.45, 2.75) is 63.5 Å². The number of amides is 1. The van der Waals surface area contributed by atoms with Crippen molar-refractivity contribution in [3.63, 3.8) is 0 Å². The molecule has 0 radical (unpaired) electrons. The number of rotatable bonds is 6. The van der Waals surface area contributed by atoms with Gasteiger partial charge in [0.1, 0.15) is 0 Å². The summed E-state index contributed by atoms with van der Waals surface area (Å²) in [7, 11) is 0. The van der Waals surface area contributed by atoms with E-state index in [1.165, 1.54) is 44.1 Å². The molecule has 150 valence electrons. The van der Waals surface area contributed by atoms with Crippen LogP contribution < -0.4 is 5.32 Å². The Morgan fingerprint density at radius 2 is 1.75 bits per heavy atom. The van der Waals surface area contributed by atoms with Crippen LogP contribution in [0, 0.1) is 0 Å². The molecule has 0 spiro atoms. The molecule has 1 aliphatic heterocycles. The molecule has 0 unspecified atom stereocenters. The van der Waals surface area contributed by atoms with E-state index in [0.29, 0.717) is 18.3 Å². The number of hydrogen-bond donors (Lipinski definition) is 1. The Balaban J connectivity index is 1.40. The first-order chi connectivity index (χ1) is 13.8. The molecule has 6 nitrogen and oxygen atoms in total. The van der Waals surface area contributed by atoms with E-state index in [1.54, 1.807) is 0 Å². The number of carbonyl (C=O) groups excluding carboxylic acids is 1. The largest absolute Gasteiger partial charge is 0.349 e. The minimum absolute atomic E-state index is 0.125. The van der Waals surface area contributed by atoms with Crippen LogP contribution in [0.25, 0.3) is 0 Å². The van der Waals surface area contributed by atoms with E-state index in [2.05, 4.69) is 44.8 Å². The Labute approximate surface area is 167 Å². The first kappa shape index (κ1) is 19.1. The van der Waals surface area contributed by atoms with Crippen LogP contribution in [0.1, 0.15) is 79.5 Å². The maximum Gasteiger partial charge on any atom is 0.273 e. The molecule has 1 saturated carbocycles. The third-order valence-electron chi connectivity index (χ3n) is 6.16. The number of aromatic nitrogens is 3. The Morgan fingerprint density at radius 1 is 1.04 bits per heavy atom. The number of benzene rings is 1. The molecule has 4 rings (SSSR count). The first-order valence-corrected chi connectivity index (χ1v) is 10.8. The maximum atomic E-state index is 12.7. The predicted octanol–water partition coefficient (Wildman–Crippen LogP) is 3.74. The summed E-state index contributed by atoms with van der Waals surface area (Å²) in [6, 6.07) is 11.1. The Bertz CT molecular complexity index is 747. The number of nitrogens with one attached hydrogen (secondary N) is 1. The van der Waals surface area contributed by atoms with Crippen molar-refractivity contribution in [2.75, 3.05) is 19.6 Å². The molecule has 6 heteroatoms. The molecular weight excluding hydrogens is 350 g/mol. The fourth-order valence-corrected chi connectivity index (χ4v) is 4.55. The van der Waals surface area contributed by atoms with Gasteiger partial charge in [0.05, 0.1) is 18.3 Å². The average Bonchev–Trinajstić information content (AvgIpc) is 3.26. The standard InChI is InChI=1S/C22H31N5O/c28-22(20-17-27(25-24-20)19-12-6-2-7-13-19)23-16-21(18-10-4-1-5-11-18)26-14-8-3-9-15-26/h1,4-5,10-11,17,19,21H,2-3,6-9,12-16H2,(H,23,28)/t21-/m0/s1. The van der Waals surface area contributed by atoms with Gasteiger partial charge < -0.3 is 5.32 Å². The van der Waals surface area contributed by atoms with Gasteiger partial charge in [-0.3, -0.25) is 9.69 Å². The smallest absolute Gasteiger partial charge is 0.273 e. The summed E-state index contributed by atoms with van der Waals surface area (Å²) < 4.78 is 1.90. The van der Waals surface area contributed by atoms with Gasteiger partial charge >= 0.3 is 0 Å². The van der Waals surface area contributed by atoms with Gasteiger partial charge in [-0.05, 0) is 44.3 Å². The second kappa shape index (κ2) is 9.32. The topological polar surface area (TPSA) is 63.1 Å². The zero-order valence-electron chi connectivity index (χ0n) is 16.6. The van der Waals surface area contributed by atoms with Crippen molar-refractivity contribution in [2.24, 2.45) is 0 Å². The van der Waals surface area contributed by atoms with Crippen molar-refractivity contribution in [1.82, 2.24) is 25.2 Å². The number of hydrogen-bond acceptors (Lipinski definition) is 4. The number of piperidine rings is 1. The molecule has 1 aliphatic carbocycles. The van der Waals surface area contributed by atoms with Crippen LogP contribution in [-0.2, 0) is 0 Å². The third kappa shape index (κ3) is 4.61. The molecule has 1 atom stereocenters. The quantitative estimate of drug-likeness (QED) is 0.828. The molecule has 1 N–H and O–H groups in total.